The number of hydrogen-bond donors (Lipinski definition) is 1. The maximum atomic E-state index is 11.9. The Bertz CT molecular complexity index is 361. The molecule has 1 heterocycles. The zero-order valence-electron chi connectivity index (χ0n) is 9.44. The summed E-state index contributed by atoms with van der Waals surface area (Å²) >= 11 is 0. The molecule has 0 aromatic heterocycles. The summed E-state index contributed by atoms with van der Waals surface area (Å²) in [6.45, 7) is 3.79. The molecule has 0 aromatic carbocycles. The summed E-state index contributed by atoms with van der Waals surface area (Å²) in [4.78, 5) is 11.2. The monoisotopic (exact) mass is 235 g/mol. The lowest BCUT2D eigenvalue weighted by molar-refractivity contribution is -0.125. The van der Waals surface area contributed by atoms with Crippen molar-refractivity contribution in [3.05, 3.63) is 0 Å². The molecule has 1 fully saturated rings. The molecule has 15 heavy (non-hydrogen) atoms. The van der Waals surface area contributed by atoms with Gasteiger partial charge in [0.15, 0.2) is 0 Å². The fourth-order valence-corrected chi connectivity index (χ4v) is 2.76. The lowest BCUT2D eigenvalue weighted by atomic mass is 10.0. The number of piperazine rings is 1. The third kappa shape index (κ3) is 2.30. The van der Waals surface area contributed by atoms with Gasteiger partial charge in [0.2, 0.25) is 5.91 Å². The van der Waals surface area contributed by atoms with Gasteiger partial charge in [-0.1, -0.05) is 0 Å². The second kappa shape index (κ2) is 3.73. The van der Waals surface area contributed by atoms with Gasteiger partial charge in [0.25, 0.3) is 10.2 Å². The van der Waals surface area contributed by atoms with Crippen LogP contribution in [0.2, 0.25) is 0 Å². The van der Waals surface area contributed by atoms with E-state index in [4.69, 9.17) is 0 Å². The van der Waals surface area contributed by atoms with Crippen LogP contribution in [-0.2, 0) is 15.0 Å². The summed E-state index contributed by atoms with van der Waals surface area (Å²) in [6, 6.07) is 0. The molecule has 0 aliphatic carbocycles. The van der Waals surface area contributed by atoms with Gasteiger partial charge in [-0.2, -0.15) is 17.0 Å². The highest BCUT2D eigenvalue weighted by Gasteiger charge is 2.41. The first-order valence-electron chi connectivity index (χ1n) is 4.65. The third-order valence-electron chi connectivity index (χ3n) is 2.42. The standard InChI is InChI=1S/C8H17N3O3S/c1-8(2)6-9-7(12)5-11(8)15(13,14)10(3)4/h5-6H2,1-4H3,(H,9,12). The van der Waals surface area contributed by atoms with Crippen LogP contribution in [0.4, 0.5) is 0 Å². The molecule has 0 aromatic rings. The van der Waals surface area contributed by atoms with Gasteiger partial charge in [-0.15, -0.1) is 0 Å². The van der Waals surface area contributed by atoms with Crippen LogP contribution in [0.5, 0.6) is 0 Å². The van der Waals surface area contributed by atoms with Crippen molar-refractivity contribution in [3.8, 4) is 0 Å². The molecule has 7 heteroatoms. The fraction of sp³-hybridized carbons (Fsp3) is 0.875. The normalized spacial score (nSPS) is 22.9. The van der Waals surface area contributed by atoms with Crippen LogP contribution >= 0.6 is 0 Å². The number of amides is 1. The second-order valence-corrected chi connectivity index (χ2v) is 6.45. The number of nitrogens with zero attached hydrogens (tertiary/aromatic N) is 2. The minimum atomic E-state index is -3.53. The molecule has 88 valence electrons. The Labute approximate surface area is 90.4 Å². The average molecular weight is 235 g/mol. The van der Waals surface area contributed by atoms with Gasteiger partial charge < -0.3 is 5.32 Å². The Hall–Kier alpha value is -0.660. The van der Waals surface area contributed by atoms with Crippen LogP contribution in [0.3, 0.4) is 0 Å². The topological polar surface area (TPSA) is 69.7 Å². The quantitative estimate of drug-likeness (QED) is 0.667. The van der Waals surface area contributed by atoms with Gasteiger partial charge in [-0.25, -0.2) is 0 Å². The summed E-state index contributed by atoms with van der Waals surface area (Å²) in [5.41, 5.74) is -0.586. The molecule has 0 bridgehead atoms. The van der Waals surface area contributed by atoms with Crippen molar-refractivity contribution in [3.63, 3.8) is 0 Å². The Morgan fingerprint density at radius 2 is 1.93 bits per heavy atom. The van der Waals surface area contributed by atoms with Gasteiger partial charge in [0, 0.05) is 26.2 Å². The molecular weight excluding hydrogens is 218 g/mol. The second-order valence-electron chi connectivity index (χ2n) is 4.39. The highest BCUT2D eigenvalue weighted by molar-refractivity contribution is 7.86. The Balaban J connectivity index is 3.06. The first kappa shape index (κ1) is 12.4. The Morgan fingerprint density at radius 1 is 1.40 bits per heavy atom. The molecule has 1 N–H and O–H groups in total. The predicted octanol–water partition coefficient (Wildman–Crippen LogP) is -0.997. The molecule has 1 aliphatic heterocycles. The fourth-order valence-electron chi connectivity index (χ4n) is 1.39. The summed E-state index contributed by atoms with van der Waals surface area (Å²) in [7, 11) is -0.622. The van der Waals surface area contributed by atoms with Crippen LogP contribution in [0.25, 0.3) is 0 Å². The van der Waals surface area contributed by atoms with Crippen LogP contribution in [0.1, 0.15) is 13.8 Å². The van der Waals surface area contributed by atoms with Crippen LogP contribution in [-0.4, -0.2) is 55.7 Å². The van der Waals surface area contributed by atoms with Crippen molar-refractivity contribution >= 4 is 16.1 Å². The molecule has 1 rings (SSSR count). The molecule has 1 amide bonds. The molecule has 6 nitrogen and oxygen atoms in total. The maximum absolute atomic E-state index is 11.9. The van der Waals surface area contributed by atoms with E-state index in [2.05, 4.69) is 5.32 Å². The molecule has 0 saturated carbocycles. The van der Waals surface area contributed by atoms with Gasteiger partial charge in [0.1, 0.15) is 0 Å². The zero-order valence-corrected chi connectivity index (χ0v) is 10.3. The van der Waals surface area contributed by atoms with Crippen molar-refractivity contribution in [2.24, 2.45) is 0 Å². The van der Waals surface area contributed by atoms with E-state index < -0.39 is 15.7 Å². The van der Waals surface area contributed by atoms with E-state index in [9.17, 15) is 13.2 Å². The summed E-state index contributed by atoms with van der Waals surface area (Å²) < 4.78 is 26.2. The van der Waals surface area contributed by atoms with Gasteiger partial charge in [0.05, 0.1) is 6.54 Å². The van der Waals surface area contributed by atoms with E-state index in [-0.39, 0.29) is 12.5 Å². The van der Waals surface area contributed by atoms with Gasteiger partial charge in [-0.3, -0.25) is 4.79 Å². The largest absolute Gasteiger partial charge is 0.353 e. The van der Waals surface area contributed by atoms with Crippen LogP contribution < -0.4 is 5.32 Å². The van der Waals surface area contributed by atoms with Crippen molar-refractivity contribution in [2.45, 2.75) is 19.4 Å². The number of carbonyl (C=O) groups excluding carboxylic acids is 1. The van der Waals surface area contributed by atoms with E-state index in [1.165, 1.54) is 18.4 Å². The maximum Gasteiger partial charge on any atom is 0.282 e. The first-order valence-corrected chi connectivity index (χ1v) is 6.04. The summed E-state index contributed by atoms with van der Waals surface area (Å²) in [5, 5.41) is 2.65. The minimum absolute atomic E-state index is 0.118. The number of nitrogens with one attached hydrogen (secondary N) is 1. The predicted molar refractivity (Wildman–Crippen MR) is 56.4 cm³/mol. The minimum Gasteiger partial charge on any atom is -0.353 e. The number of carbonyl (C=O) groups is 1. The van der Waals surface area contributed by atoms with Crippen molar-refractivity contribution in [2.75, 3.05) is 27.2 Å². The summed E-state index contributed by atoms with van der Waals surface area (Å²) in [6.07, 6.45) is 0. The SMILES string of the molecule is CN(C)S(=O)(=O)N1CC(=O)NCC1(C)C. The number of rotatable bonds is 2. The molecule has 0 atom stereocenters. The van der Waals surface area contributed by atoms with E-state index in [1.54, 1.807) is 13.8 Å². The first-order chi connectivity index (χ1) is 6.68. The zero-order chi connectivity index (χ0) is 11.9. The lowest BCUT2D eigenvalue weighted by Crippen LogP contribution is -2.63. The van der Waals surface area contributed by atoms with Gasteiger partial charge >= 0.3 is 0 Å². The van der Waals surface area contributed by atoms with E-state index in [0.717, 1.165) is 4.31 Å². The Kier molecular flexibility index (Phi) is 3.09. The lowest BCUT2D eigenvalue weighted by Gasteiger charge is -2.41. The van der Waals surface area contributed by atoms with E-state index in [0.29, 0.717) is 6.54 Å². The smallest absolute Gasteiger partial charge is 0.282 e. The molecule has 1 aliphatic rings. The van der Waals surface area contributed by atoms with E-state index >= 15 is 0 Å². The van der Waals surface area contributed by atoms with Crippen molar-refractivity contribution < 1.29 is 13.2 Å². The van der Waals surface area contributed by atoms with Crippen molar-refractivity contribution in [1.29, 1.82) is 0 Å². The van der Waals surface area contributed by atoms with Crippen LogP contribution in [0, 0.1) is 0 Å². The summed E-state index contributed by atoms with van der Waals surface area (Å²) in [5.74, 6) is -0.264. The number of hydrogen-bond acceptors (Lipinski definition) is 3. The molecule has 1 saturated heterocycles. The molecule has 0 spiro atoms. The third-order valence-corrected chi connectivity index (χ3v) is 4.52. The Morgan fingerprint density at radius 3 is 2.40 bits per heavy atom. The van der Waals surface area contributed by atoms with Crippen LogP contribution in [0.15, 0.2) is 0 Å². The molecule has 0 unspecified atom stereocenters. The van der Waals surface area contributed by atoms with E-state index in [1.807, 2.05) is 0 Å². The average Bonchev–Trinajstić information content (AvgIpc) is 2.09. The highest BCUT2D eigenvalue weighted by atomic mass is 32.2. The molecule has 0 radical (unpaired) electrons. The highest BCUT2D eigenvalue weighted by Crippen LogP contribution is 2.21. The molecular formula is C8H17N3O3S. The van der Waals surface area contributed by atoms with Crippen molar-refractivity contribution in [1.82, 2.24) is 13.9 Å². The van der Waals surface area contributed by atoms with Gasteiger partial charge in [-0.05, 0) is 13.8 Å².